The Morgan fingerprint density at radius 1 is 0.875 bits per heavy atom. The van der Waals surface area contributed by atoms with E-state index in [1.807, 2.05) is 62.4 Å². The highest BCUT2D eigenvalue weighted by atomic mass is 16.6. The summed E-state index contributed by atoms with van der Waals surface area (Å²) < 4.78 is 0. The Bertz CT molecular complexity index is 726. The molecule has 124 valence electrons. The second-order valence-corrected chi connectivity index (χ2v) is 6.65. The molecule has 0 amide bonds. The average Bonchev–Trinajstić information content (AvgIpc) is 2.54. The number of aryl methyl sites for hydroxylation is 2. The van der Waals surface area contributed by atoms with Crippen molar-refractivity contribution in [2.24, 2.45) is 0 Å². The first kappa shape index (κ1) is 16.4. The summed E-state index contributed by atoms with van der Waals surface area (Å²) >= 11 is 0. The highest BCUT2D eigenvalue weighted by Crippen LogP contribution is 2.43. The van der Waals surface area contributed by atoms with E-state index in [2.05, 4.69) is 0 Å². The van der Waals surface area contributed by atoms with Crippen LogP contribution >= 0.6 is 0 Å². The van der Waals surface area contributed by atoms with Crippen molar-refractivity contribution in [1.82, 2.24) is 0 Å². The van der Waals surface area contributed by atoms with Crippen molar-refractivity contribution in [2.45, 2.75) is 44.6 Å². The molecule has 2 aromatic rings. The third-order valence-corrected chi connectivity index (χ3v) is 5.14. The molecule has 1 aliphatic rings. The van der Waals surface area contributed by atoms with Gasteiger partial charge in [-0.15, -0.1) is 0 Å². The zero-order chi connectivity index (χ0) is 17.3. The summed E-state index contributed by atoms with van der Waals surface area (Å²) in [4.78, 5) is 24.2. The lowest BCUT2D eigenvalue weighted by Crippen LogP contribution is -2.40. The minimum Gasteiger partial charge on any atom is -0.300 e. The van der Waals surface area contributed by atoms with Crippen molar-refractivity contribution in [2.75, 3.05) is 0 Å². The van der Waals surface area contributed by atoms with Gasteiger partial charge in [-0.25, -0.2) is 0 Å². The Labute approximate surface area is 141 Å². The second-order valence-electron chi connectivity index (χ2n) is 6.65. The molecule has 0 bridgehead atoms. The zero-order valence-corrected chi connectivity index (χ0v) is 13.9. The smallest absolute Gasteiger partial charge is 0.227 e. The summed E-state index contributed by atoms with van der Waals surface area (Å²) in [6, 6.07) is 14.6. The van der Waals surface area contributed by atoms with Crippen LogP contribution in [0.4, 0.5) is 0 Å². The van der Waals surface area contributed by atoms with E-state index in [1.165, 1.54) is 0 Å². The SMILES string of the molecule is Cc1ccccc1[C@@H]1CC(=O)C[C@@H](c2ccccc2C)C1[N+](=O)[O-]. The van der Waals surface area contributed by atoms with E-state index in [0.29, 0.717) is 0 Å². The minimum atomic E-state index is -0.773. The third-order valence-electron chi connectivity index (χ3n) is 5.14. The summed E-state index contributed by atoms with van der Waals surface area (Å²) in [6.07, 6.45) is 0.498. The third kappa shape index (κ3) is 2.96. The van der Waals surface area contributed by atoms with E-state index in [9.17, 15) is 14.9 Å². The van der Waals surface area contributed by atoms with Crippen LogP contribution in [0.25, 0.3) is 0 Å². The van der Waals surface area contributed by atoms with E-state index >= 15 is 0 Å². The maximum atomic E-state index is 12.4. The van der Waals surface area contributed by atoms with Crippen molar-refractivity contribution >= 4 is 5.78 Å². The van der Waals surface area contributed by atoms with Gasteiger partial charge in [0.1, 0.15) is 5.78 Å². The first-order valence-electron chi connectivity index (χ1n) is 8.25. The van der Waals surface area contributed by atoms with Gasteiger partial charge in [0.2, 0.25) is 6.04 Å². The molecular weight excluding hydrogens is 302 g/mol. The number of carbonyl (C=O) groups excluding carboxylic acids is 1. The molecule has 0 N–H and O–H groups in total. The molecule has 1 aliphatic carbocycles. The first-order chi connectivity index (χ1) is 11.5. The maximum absolute atomic E-state index is 12.4. The quantitative estimate of drug-likeness (QED) is 0.629. The number of carbonyl (C=O) groups is 1. The second kappa shape index (κ2) is 6.56. The molecule has 2 atom stereocenters. The Hall–Kier alpha value is -2.49. The molecule has 1 fully saturated rings. The molecule has 1 saturated carbocycles. The Kier molecular flexibility index (Phi) is 4.47. The topological polar surface area (TPSA) is 60.2 Å². The fourth-order valence-corrected chi connectivity index (χ4v) is 3.98. The van der Waals surface area contributed by atoms with Crippen LogP contribution in [-0.4, -0.2) is 16.7 Å². The van der Waals surface area contributed by atoms with Crippen molar-refractivity contribution in [3.63, 3.8) is 0 Å². The predicted octanol–water partition coefficient (Wildman–Crippen LogP) is 4.18. The van der Waals surface area contributed by atoms with Gasteiger partial charge in [-0.1, -0.05) is 48.5 Å². The van der Waals surface area contributed by atoms with Crippen molar-refractivity contribution in [3.8, 4) is 0 Å². The highest BCUT2D eigenvalue weighted by molar-refractivity contribution is 5.82. The van der Waals surface area contributed by atoms with Gasteiger partial charge in [-0.3, -0.25) is 14.9 Å². The van der Waals surface area contributed by atoms with Crippen molar-refractivity contribution in [3.05, 3.63) is 80.9 Å². The van der Waals surface area contributed by atoms with Gasteiger partial charge in [0.05, 0.1) is 11.8 Å². The number of benzene rings is 2. The summed E-state index contributed by atoms with van der Waals surface area (Å²) in [6.45, 7) is 3.91. The predicted molar refractivity (Wildman–Crippen MR) is 92.9 cm³/mol. The van der Waals surface area contributed by atoms with E-state index in [4.69, 9.17) is 0 Å². The fraction of sp³-hybridized carbons (Fsp3) is 0.350. The average molecular weight is 323 g/mol. The molecule has 0 aliphatic heterocycles. The Morgan fingerprint density at radius 2 is 1.29 bits per heavy atom. The number of hydrogen-bond donors (Lipinski definition) is 0. The van der Waals surface area contributed by atoms with E-state index in [-0.39, 0.29) is 35.4 Å². The molecule has 0 unspecified atom stereocenters. The summed E-state index contributed by atoms with van der Waals surface area (Å²) in [5.41, 5.74) is 3.86. The lowest BCUT2D eigenvalue weighted by atomic mass is 9.69. The molecule has 0 saturated heterocycles. The Balaban J connectivity index is 2.10. The molecule has 2 aromatic carbocycles. The Morgan fingerprint density at radius 3 is 1.67 bits per heavy atom. The van der Waals surface area contributed by atoms with Crippen LogP contribution in [0.2, 0.25) is 0 Å². The molecule has 0 heterocycles. The van der Waals surface area contributed by atoms with Crippen LogP contribution in [0.3, 0.4) is 0 Å². The monoisotopic (exact) mass is 323 g/mol. The number of rotatable bonds is 3. The van der Waals surface area contributed by atoms with Gasteiger partial charge in [0, 0.05) is 17.8 Å². The number of Topliss-reactive ketones (excluding diaryl/α,β-unsaturated/α-hetero) is 1. The number of nitrogens with zero attached hydrogens (tertiary/aromatic N) is 1. The molecule has 0 aromatic heterocycles. The molecule has 0 spiro atoms. The van der Waals surface area contributed by atoms with Gasteiger partial charge in [0.25, 0.3) is 0 Å². The lowest BCUT2D eigenvalue weighted by molar-refractivity contribution is -0.532. The van der Waals surface area contributed by atoms with Gasteiger partial charge in [-0.2, -0.15) is 0 Å². The molecule has 4 nitrogen and oxygen atoms in total. The molecule has 4 heteroatoms. The van der Waals surface area contributed by atoms with Crippen LogP contribution in [0.15, 0.2) is 48.5 Å². The van der Waals surface area contributed by atoms with E-state index in [0.717, 1.165) is 22.3 Å². The van der Waals surface area contributed by atoms with Crippen LogP contribution in [0.1, 0.15) is 46.9 Å². The van der Waals surface area contributed by atoms with Gasteiger partial charge < -0.3 is 0 Å². The number of hydrogen-bond acceptors (Lipinski definition) is 3. The minimum absolute atomic E-state index is 0.106. The number of ketones is 1. The molecule has 3 rings (SSSR count). The van der Waals surface area contributed by atoms with E-state index < -0.39 is 6.04 Å². The molecule has 24 heavy (non-hydrogen) atoms. The van der Waals surface area contributed by atoms with Gasteiger partial charge >= 0.3 is 0 Å². The fourth-order valence-electron chi connectivity index (χ4n) is 3.98. The lowest BCUT2D eigenvalue weighted by Gasteiger charge is -2.33. The zero-order valence-electron chi connectivity index (χ0n) is 13.9. The van der Waals surface area contributed by atoms with Crippen LogP contribution in [-0.2, 0) is 4.79 Å². The largest absolute Gasteiger partial charge is 0.300 e. The maximum Gasteiger partial charge on any atom is 0.227 e. The summed E-state index contributed by atoms with van der Waals surface area (Å²) in [5, 5.41) is 11.9. The van der Waals surface area contributed by atoms with Crippen molar-refractivity contribution < 1.29 is 9.72 Å². The number of nitro groups is 1. The van der Waals surface area contributed by atoms with Gasteiger partial charge in [-0.05, 0) is 36.1 Å². The van der Waals surface area contributed by atoms with Crippen molar-refractivity contribution in [1.29, 1.82) is 0 Å². The van der Waals surface area contributed by atoms with Crippen LogP contribution in [0, 0.1) is 24.0 Å². The molecule has 0 radical (unpaired) electrons. The van der Waals surface area contributed by atoms with E-state index in [1.54, 1.807) is 0 Å². The summed E-state index contributed by atoms with van der Waals surface area (Å²) in [5.74, 6) is -0.631. The first-order valence-corrected chi connectivity index (χ1v) is 8.25. The van der Waals surface area contributed by atoms with Gasteiger partial charge in [0.15, 0.2) is 0 Å². The summed E-state index contributed by atoms with van der Waals surface area (Å²) in [7, 11) is 0. The van der Waals surface area contributed by atoms with Crippen LogP contribution in [0.5, 0.6) is 0 Å². The molecular formula is C20H21NO3. The standard InChI is InChI=1S/C20H21NO3/c1-13-7-3-5-9-16(13)18-11-15(22)12-19(20(18)21(23)24)17-10-6-4-8-14(17)2/h3-10,18-20H,11-12H2,1-2H3/t18-,19-/m0/s1. The normalized spacial score (nSPS) is 21.7. The van der Waals surface area contributed by atoms with Crippen LogP contribution < -0.4 is 0 Å². The highest BCUT2D eigenvalue weighted by Gasteiger charge is 2.47.